The van der Waals surface area contributed by atoms with Crippen LogP contribution >= 0.6 is 0 Å². The molecule has 2 aliphatic carbocycles. The Kier molecular flexibility index (Phi) is 12.0. The average Bonchev–Trinajstić information content (AvgIpc) is 2.85. The van der Waals surface area contributed by atoms with Crippen molar-refractivity contribution in [2.45, 2.75) is 129 Å². The van der Waals surface area contributed by atoms with Crippen molar-refractivity contribution in [1.29, 1.82) is 0 Å². The van der Waals surface area contributed by atoms with Crippen molar-refractivity contribution < 1.29 is 4.74 Å². The minimum atomic E-state index is 0.884. The number of ether oxygens (including phenoxy) is 1. The lowest BCUT2D eigenvalue weighted by atomic mass is 9.78. The van der Waals surface area contributed by atoms with Crippen molar-refractivity contribution >= 4 is 0 Å². The van der Waals surface area contributed by atoms with Crippen LogP contribution in [0.25, 0.3) is 0 Å². The van der Waals surface area contributed by atoms with Crippen molar-refractivity contribution in [1.82, 2.24) is 0 Å². The quantitative estimate of drug-likeness (QED) is 0.261. The Balaban J connectivity index is 1.23. The molecule has 3 rings (SSSR count). The minimum Gasteiger partial charge on any atom is -0.494 e. The van der Waals surface area contributed by atoms with Crippen LogP contribution in [0.15, 0.2) is 24.3 Å². The molecule has 0 bridgehead atoms. The Morgan fingerprint density at radius 3 is 1.78 bits per heavy atom. The van der Waals surface area contributed by atoms with Crippen LogP contribution in [0.2, 0.25) is 0 Å². The molecule has 182 valence electrons. The molecule has 0 saturated heterocycles. The zero-order chi connectivity index (χ0) is 22.4. The molecule has 32 heavy (non-hydrogen) atoms. The SMILES string of the molecule is CCCCCCC1CCC(CCc2ccc(OCCCC3CCC(CC)CC3)cc2)CC1. The normalized spacial score (nSPS) is 26.2. The van der Waals surface area contributed by atoms with Crippen LogP contribution in [-0.2, 0) is 6.42 Å². The predicted octanol–water partition coefficient (Wildman–Crippen LogP) is 9.77. The van der Waals surface area contributed by atoms with Gasteiger partial charge in [-0.3, -0.25) is 0 Å². The molecule has 0 N–H and O–H groups in total. The molecule has 1 aromatic rings. The number of hydrogen-bond donors (Lipinski definition) is 0. The molecule has 1 heteroatoms. The van der Waals surface area contributed by atoms with E-state index in [1.165, 1.54) is 121 Å². The van der Waals surface area contributed by atoms with Gasteiger partial charge in [0, 0.05) is 0 Å². The number of rotatable bonds is 14. The van der Waals surface area contributed by atoms with Crippen molar-refractivity contribution in [3.05, 3.63) is 29.8 Å². The predicted molar refractivity (Wildman–Crippen MR) is 139 cm³/mol. The standard InChI is InChI=1S/C31H52O/c1-3-5-6-7-9-27-15-17-29(18-16-27)19-20-30-21-23-31(24-22-30)32-25-8-10-28-13-11-26(4-2)12-14-28/h21-24,26-29H,3-20,25H2,1-2H3. The zero-order valence-corrected chi connectivity index (χ0v) is 21.5. The molecular weight excluding hydrogens is 388 g/mol. The first-order valence-corrected chi connectivity index (χ1v) is 14.5. The number of benzene rings is 1. The van der Waals surface area contributed by atoms with E-state index >= 15 is 0 Å². The van der Waals surface area contributed by atoms with Crippen LogP contribution in [0.3, 0.4) is 0 Å². The molecule has 2 aliphatic rings. The number of hydrogen-bond acceptors (Lipinski definition) is 1. The lowest BCUT2D eigenvalue weighted by Gasteiger charge is -2.28. The van der Waals surface area contributed by atoms with Crippen LogP contribution < -0.4 is 4.74 Å². The molecule has 1 aromatic carbocycles. The molecular formula is C31H52O. The van der Waals surface area contributed by atoms with Crippen LogP contribution in [-0.4, -0.2) is 6.61 Å². The van der Waals surface area contributed by atoms with E-state index in [2.05, 4.69) is 38.1 Å². The molecule has 0 aromatic heterocycles. The Morgan fingerprint density at radius 2 is 1.19 bits per heavy atom. The van der Waals surface area contributed by atoms with Gasteiger partial charge in [-0.2, -0.15) is 0 Å². The highest BCUT2D eigenvalue weighted by atomic mass is 16.5. The van der Waals surface area contributed by atoms with Crippen LogP contribution in [0.5, 0.6) is 5.75 Å². The second-order valence-corrected chi connectivity index (χ2v) is 11.2. The molecule has 0 atom stereocenters. The Bertz CT molecular complexity index is 575. The van der Waals surface area contributed by atoms with E-state index in [0.29, 0.717) is 0 Å². The van der Waals surface area contributed by atoms with Gasteiger partial charge in [0.15, 0.2) is 0 Å². The van der Waals surface area contributed by atoms with Crippen molar-refractivity contribution in [2.75, 3.05) is 6.61 Å². The second-order valence-electron chi connectivity index (χ2n) is 11.2. The smallest absolute Gasteiger partial charge is 0.119 e. The van der Waals surface area contributed by atoms with Crippen LogP contribution in [0, 0.1) is 23.7 Å². The maximum atomic E-state index is 6.05. The van der Waals surface area contributed by atoms with Gasteiger partial charge in [0.1, 0.15) is 5.75 Å². The average molecular weight is 441 g/mol. The molecule has 0 spiro atoms. The molecule has 0 unspecified atom stereocenters. The number of aryl methyl sites for hydroxylation is 1. The summed E-state index contributed by atoms with van der Waals surface area (Å²) in [5, 5.41) is 0. The summed E-state index contributed by atoms with van der Waals surface area (Å²) in [6.07, 6.45) is 25.5. The molecule has 0 radical (unpaired) electrons. The van der Waals surface area contributed by atoms with E-state index in [4.69, 9.17) is 4.74 Å². The van der Waals surface area contributed by atoms with Crippen molar-refractivity contribution in [3.63, 3.8) is 0 Å². The third-order valence-electron chi connectivity index (χ3n) is 8.77. The topological polar surface area (TPSA) is 9.23 Å². The fraction of sp³-hybridized carbons (Fsp3) is 0.806. The summed E-state index contributed by atoms with van der Waals surface area (Å²) in [5.41, 5.74) is 1.49. The Hall–Kier alpha value is -0.980. The first kappa shape index (κ1) is 25.6. The molecule has 0 heterocycles. The van der Waals surface area contributed by atoms with Gasteiger partial charge in [0.05, 0.1) is 6.61 Å². The van der Waals surface area contributed by atoms with E-state index in [0.717, 1.165) is 36.0 Å². The monoisotopic (exact) mass is 440 g/mol. The van der Waals surface area contributed by atoms with E-state index in [1.54, 1.807) is 0 Å². The fourth-order valence-corrected chi connectivity index (χ4v) is 6.28. The van der Waals surface area contributed by atoms with E-state index in [-0.39, 0.29) is 0 Å². The van der Waals surface area contributed by atoms with Crippen LogP contribution in [0.4, 0.5) is 0 Å². The third-order valence-corrected chi connectivity index (χ3v) is 8.77. The lowest BCUT2D eigenvalue weighted by molar-refractivity contribution is 0.234. The first-order chi connectivity index (χ1) is 15.8. The summed E-state index contributed by atoms with van der Waals surface area (Å²) in [7, 11) is 0. The molecule has 0 amide bonds. The van der Waals surface area contributed by atoms with E-state index < -0.39 is 0 Å². The van der Waals surface area contributed by atoms with Gasteiger partial charge in [0.2, 0.25) is 0 Å². The summed E-state index contributed by atoms with van der Waals surface area (Å²) >= 11 is 0. The van der Waals surface area contributed by atoms with Gasteiger partial charge < -0.3 is 4.74 Å². The highest BCUT2D eigenvalue weighted by molar-refractivity contribution is 5.27. The molecule has 1 nitrogen and oxygen atoms in total. The van der Waals surface area contributed by atoms with Crippen molar-refractivity contribution in [3.8, 4) is 5.75 Å². The van der Waals surface area contributed by atoms with Gasteiger partial charge in [-0.15, -0.1) is 0 Å². The Labute approximate surface area is 200 Å². The highest BCUT2D eigenvalue weighted by Gasteiger charge is 2.21. The minimum absolute atomic E-state index is 0.884. The summed E-state index contributed by atoms with van der Waals surface area (Å²) in [6.45, 7) is 5.55. The first-order valence-electron chi connectivity index (χ1n) is 14.5. The highest BCUT2D eigenvalue weighted by Crippen LogP contribution is 2.35. The van der Waals surface area contributed by atoms with E-state index in [9.17, 15) is 0 Å². The summed E-state index contributed by atoms with van der Waals surface area (Å²) in [4.78, 5) is 0. The second kappa shape index (κ2) is 15.0. The third kappa shape index (κ3) is 9.48. The van der Waals surface area contributed by atoms with Crippen LogP contribution in [0.1, 0.15) is 129 Å². The van der Waals surface area contributed by atoms with Crippen molar-refractivity contribution in [2.24, 2.45) is 23.7 Å². The molecule has 0 aliphatic heterocycles. The molecule has 2 fully saturated rings. The lowest BCUT2D eigenvalue weighted by Crippen LogP contribution is -2.15. The summed E-state index contributed by atoms with van der Waals surface area (Å²) in [5.74, 6) is 5.03. The van der Waals surface area contributed by atoms with Gasteiger partial charge in [-0.1, -0.05) is 116 Å². The summed E-state index contributed by atoms with van der Waals surface area (Å²) in [6, 6.07) is 9.02. The largest absolute Gasteiger partial charge is 0.494 e. The zero-order valence-electron chi connectivity index (χ0n) is 21.5. The van der Waals surface area contributed by atoms with Gasteiger partial charge in [-0.25, -0.2) is 0 Å². The summed E-state index contributed by atoms with van der Waals surface area (Å²) < 4.78 is 6.05. The number of unbranched alkanes of at least 4 members (excludes halogenated alkanes) is 3. The Morgan fingerprint density at radius 1 is 0.625 bits per heavy atom. The maximum Gasteiger partial charge on any atom is 0.119 e. The van der Waals surface area contributed by atoms with Gasteiger partial charge in [-0.05, 0) is 67.1 Å². The van der Waals surface area contributed by atoms with E-state index in [1.807, 2.05) is 0 Å². The van der Waals surface area contributed by atoms with Gasteiger partial charge >= 0.3 is 0 Å². The van der Waals surface area contributed by atoms with Gasteiger partial charge in [0.25, 0.3) is 0 Å². The fourth-order valence-electron chi connectivity index (χ4n) is 6.28. The maximum absolute atomic E-state index is 6.05. The molecule has 2 saturated carbocycles.